The van der Waals surface area contributed by atoms with Crippen molar-refractivity contribution in [3.05, 3.63) is 36.6 Å². The summed E-state index contributed by atoms with van der Waals surface area (Å²) in [6.07, 6.45) is 1.98. The molecule has 96 valence electrons. The second kappa shape index (κ2) is 4.56. The Hall–Kier alpha value is -2.64. The number of nitrogens with zero attached hydrogens (tertiary/aromatic N) is 4. The molecule has 8 heteroatoms. The van der Waals surface area contributed by atoms with Crippen molar-refractivity contribution in [2.45, 2.75) is 6.43 Å². The average Bonchev–Trinajstić information content (AvgIpc) is 3.10. The van der Waals surface area contributed by atoms with Gasteiger partial charge in [-0.25, -0.2) is 4.98 Å². The van der Waals surface area contributed by atoms with Crippen LogP contribution in [0, 0.1) is 0 Å². The maximum Gasteiger partial charge on any atom is 0.314 e. The van der Waals surface area contributed by atoms with E-state index in [0.717, 1.165) is 0 Å². The highest BCUT2D eigenvalue weighted by molar-refractivity contribution is 5.61. The first-order chi connectivity index (χ1) is 9.24. The fraction of sp³-hybridized carbons (Fsp3) is 0.0909. The van der Waals surface area contributed by atoms with Crippen LogP contribution in [0.25, 0.3) is 23.0 Å². The third-order valence-corrected chi connectivity index (χ3v) is 2.38. The van der Waals surface area contributed by atoms with Crippen LogP contribution in [-0.2, 0) is 0 Å². The Balaban J connectivity index is 1.99. The average molecular weight is 263 g/mol. The van der Waals surface area contributed by atoms with Crippen molar-refractivity contribution in [1.29, 1.82) is 0 Å². The van der Waals surface area contributed by atoms with Crippen molar-refractivity contribution in [3.63, 3.8) is 0 Å². The number of rotatable bonds is 3. The first kappa shape index (κ1) is 11.5. The second-order valence-corrected chi connectivity index (χ2v) is 3.61. The molecule has 0 aliphatic heterocycles. The fourth-order valence-electron chi connectivity index (χ4n) is 1.54. The summed E-state index contributed by atoms with van der Waals surface area (Å²) in [5, 5.41) is 6.85. The summed E-state index contributed by atoms with van der Waals surface area (Å²) in [6, 6.07) is 3.22. The predicted octanol–water partition coefficient (Wildman–Crippen LogP) is 2.46. The molecule has 0 saturated carbocycles. The lowest BCUT2D eigenvalue weighted by atomic mass is 10.2. The van der Waals surface area contributed by atoms with Crippen molar-refractivity contribution in [2.24, 2.45) is 0 Å². The first-order valence-corrected chi connectivity index (χ1v) is 5.32. The zero-order valence-corrected chi connectivity index (χ0v) is 9.42. The lowest BCUT2D eigenvalue weighted by Crippen LogP contribution is -1.87. The number of halogens is 2. The Morgan fingerprint density at radius 1 is 1.16 bits per heavy atom. The van der Waals surface area contributed by atoms with Gasteiger partial charge in [0.15, 0.2) is 5.82 Å². The van der Waals surface area contributed by atoms with Crippen molar-refractivity contribution in [2.75, 3.05) is 0 Å². The van der Waals surface area contributed by atoms with Crippen LogP contribution in [0.2, 0.25) is 0 Å². The standard InChI is InChI=1S/C11H7F2N5O/c12-8(13)11-18-17-10(19-11)6-1-2-14-7(5-6)9-15-3-4-16-9/h1-5,8H,(H,15,16). The van der Waals surface area contributed by atoms with Gasteiger partial charge < -0.3 is 9.40 Å². The van der Waals surface area contributed by atoms with Crippen LogP contribution >= 0.6 is 0 Å². The van der Waals surface area contributed by atoms with Gasteiger partial charge in [-0.05, 0) is 12.1 Å². The number of pyridine rings is 1. The quantitative estimate of drug-likeness (QED) is 0.785. The van der Waals surface area contributed by atoms with Crippen molar-refractivity contribution < 1.29 is 13.2 Å². The normalized spacial score (nSPS) is 11.1. The SMILES string of the molecule is FC(F)c1nnc(-c2ccnc(-c3ncc[nH]3)c2)o1. The molecule has 6 nitrogen and oxygen atoms in total. The molecule has 0 aliphatic carbocycles. The van der Waals surface area contributed by atoms with Gasteiger partial charge in [0.2, 0.25) is 5.89 Å². The van der Waals surface area contributed by atoms with Gasteiger partial charge in [-0.1, -0.05) is 0 Å². The number of imidazole rings is 1. The fourth-order valence-corrected chi connectivity index (χ4v) is 1.54. The van der Waals surface area contributed by atoms with Gasteiger partial charge in [-0.2, -0.15) is 8.78 Å². The zero-order chi connectivity index (χ0) is 13.2. The summed E-state index contributed by atoms with van der Waals surface area (Å²) in [4.78, 5) is 11.1. The van der Waals surface area contributed by atoms with Crippen LogP contribution in [0.4, 0.5) is 8.78 Å². The number of nitrogens with one attached hydrogen (secondary N) is 1. The minimum Gasteiger partial charge on any atom is -0.415 e. The minimum absolute atomic E-state index is 0.0190. The number of aromatic amines is 1. The Labute approximate surface area is 105 Å². The van der Waals surface area contributed by atoms with Gasteiger partial charge in [-0.15, -0.1) is 10.2 Å². The van der Waals surface area contributed by atoms with E-state index < -0.39 is 12.3 Å². The predicted molar refractivity (Wildman–Crippen MR) is 60.1 cm³/mol. The minimum atomic E-state index is -2.78. The van der Waals surface area contributed by atoms with E-state index in [2.05, 4.69) is 25.1 Å². The molecule has 3 rings (SSSR count). The molecule has 0 spiro atoms. The molecule has 0 bridgehead atoms. The third kappa shape index (κ3) is 2.19. The van der Waals surface area contributed by atoms with E-state index in [4.69, 9.17) is 4.42 Å². The molecule has 1 N–H and O–H groups in total. The molecular weight excluding hydrogens is 256 g/mol. The second-order valence-electron chi connectivity index (χ2n) is 3.61. The van der Waals surface area contributed by atoms with Crippen LogP contribution in [0.15, 0.2) is 35.1 Å². The van der Waals surface area contributed by atoms with E-state index in [1.165, 1.54) is 6.20 Å². The van der Waals surface area contributed by atoms with Crippen LogP contribution in [0.5, 0.6) is 0 Å². The summed E-state index contributed by atoms with van der Waals surface area (Å²) in [5.74, 6) is -0.118. The molecule has 3 aromatic rings. The highest BCUT2D eigenvalue weighted by Crippen LogP contribution is 2.24. The summed E-state index contributed by atoms with van der Waals surface area (Å²) >= 11 is 0. The zero-order valence-electron chi connectivity index (χ0n) is 9.42. The van der Waals surface area contributed by atoms with Crippen LogP contribution in [0.1, 0.15) is 12.3 Å². The Bertz CT molecular complexity index is 680. The largest absolute Gasteiger partial charge is 0.415 e. The maximum atomic E-state index is 12.4. The molecule has 0 atom stereocenters. The summed E-state index contributed by atoms with van der Waals surface area (Å²) in [5.41, 5.74) is 1.06. The molecule has 3 heterocycles. The Morgan fingerprint density at radius 3 is 2.74 bits per heavy atom. The van der Waals surface area contributed by atoms with Crippen molar-refractivity contribution in [3.8, 4) is 23.0 Å². The van der Waals surface area contributed by atoms with E-state index in [-0.39, 0.29) is 5.89 Å². The third-order valence-electron chi connectivity index (χ3n) is 2.38. The van der Waals surface area contributed by atoms with Gasteiger partial charge in [0, 0.05) is 24.2 Å². The van der Waals surface area contributed by atoms with Crippen LogP contribution in [-0.4, -0.2) is 25.1 Å². The van der Waals surface area contributed by atoms with Gasteiger partial charge in [0.1, 0.15) is 5.69 Å². The summed E-state index contributed by atoms with van der Waals surface area (Å²) < 4.78 is 29.6. The number of alkyl halides is 2. The number of hydrogen-bond donors (Lipinski definition) is 1. The molecule has 0 radical (unpaired) electrons. The van der Waals surface area contributed by atoms with E-state index in [0.29, 0.717) is 17.1 Å². The molecule has 19 heavy (non-hydrogen) atoms. The first-order valence-electron chi connectivity index (χ1n) is 5.32. The van der Waals surface area contributed by atoms with Gasteiger partial charge >= 0.3 is 6.43 Å². The molecule has 0 amide bonds. The van der Waals surface area contributed by atoms with Crippen molar-refractivity contribution >= 4 is 0 Å². The van der Waals surface area contributed by atoms with Gasteiger partial charge in [-0.3, -0.25) is 4.98 Å². The number of aromatic nitrogens is 5. The highest BCUT2D eigenvalue weighted by atomic mass is 19.3. The monoisotopic (exact) mass is 263 g/mol. The molecule has 0 fully saturated rings. The number of hydrogen-bond acceptors (Lipinski definition) is 5. The highest BCUT2D eigenvalue weighted by Gasteiger charge is 2.17. The molecule has 0 saturated heterocycles. The number of H-pyrrole nitrogens is 1. The van der Waals surface area contributed by atoms with Crippen LogP contribution in [0.3, 0.4) is 0 Å². The lowest BCUT2D eigenvalue weighted by molar-refractivity contribution is 0.116. The summed E-state index contributed by atoms with van der Waals surface area (Å²) in [6.45, 7) is 0. The molecule has 0 aromatic carbocycles. The van der Waals surface area contributed by atoms with Gasteiger partial charge in [0.25, 0.3) is 5.89 Å². The smallest absolute Gasteiger partial charge is 0.314 e. The van der Waals surface area contributed by atoms with Gasteiger partial charge in [0.05, 0.1) is 0 Å². The molecular formula is C11H7F2N5O. The molecule has 3 aromatic heterocycles. The topological polar surface area (TPSA) is 80.5 Å². The van der Waals surface area contributed by atoms with Crippen LogP contribution < -0.4 is 0 Å². The molecule has 0 aliphatic rings. The maximum absolute atomic E-state index is 12.4. The molecule has 0 unspecified atom stereocenters. The van der Waals surface area contributed by atoms with E-state index in [1.807, 2.05) is 0 Å². The van der Waals surface area contributed by atoms with E-state index in [1.54, 1.807) is 24.5 Å². The lowest BCUT2D eigenvalue weighted by Gasteiger charge is -1.98. The van der Waals surface area contributed by atoms with E-state index in [9.17, 15) is 8.78 Å². The van der Waals surface area contributed by atoms with Crippen molar-refractivity contribution in [1.82, 2.24) is 25.1 Å². The Kier molecular flexibility index (Phi) is 2.75. The van der Waals surface area contributed by atoms with E-state index >= 15 is 0 Å². The summed E-state index contributed by atoms with van der Waals surface area (Å²) in [7, 11) is 0. The Morgan fingerprint density at radius 2 is 2.05 bits per heavy atom.